The third kappa shape index (κ3) is 5.35. The first-order valence-electron chi connectivity index (χ1n) is 13.6. The summed E-state index contributed by atoms with van der Waals surface area (Å²) in [5, 5.41) is 3.06. The van der Waals surface area contributed by atoms with Gasteiger partial charge in [0.2, 0.25) is 5.95 Å². The average molecular weight is 533 g/mol. The summed E-state index contributed by atoms with van der Waals surface area (Å²) < 4.78 is 29.8. The Bertz CT molecular complexity index is 1340. The molecule has 39 heavy (non-hydrogen) atoms. The third-order valence-electron chi connectivity index (χ3n) is 8.26. The first-order chi connectivity index (χ1) is 18.9. The monoisotopic (exact) mass is 532 g/mol. The van der Waals surface area contributed by atoms with Crippen molar-refractivity contribution in [1.29, 1.82) is 0 Å². The minimum Gasteiger partial charge on any atom is -0.370 e. The van der Waals surface area contributed by atoms with E-state index in [1.807, 2.05) is 23.2 Å². The molecule has 0 saturated carbocycles. The number of pyridine rings is 1. The SMILES string of the molecule is C=Nc1c(F)cc(-c2nc(Nc3ccc(CN4CCC5(CC4)CN(C)C5)cn3)ncc2F)cc1N1CCCC1. The van der Waals surface area contributed by atoms with E-state index in [-0.39, 0.29) is 17.3 Å². The number of hydrogen-bond donors (Lipinski definition) is 1. The average Bonchev–Trinajstić information content (AvgIpc) is 3.46. The minimum atomic E-state index is -0.633. The maximum absolute atomic E-state index is 15.0. The molecule has 1 spiro atoms. The number of piperidine rings is 1. The number of anilines is 3. The fraction of sp³-hybridized carbons (Fsp3) is 0.448. The molecular weight excluding hydrogens is 498 g/mol. The van der Waals surface area contributed by atoms with E-state index in [2.05, 4.69) is 48.8 Å². The van der Waals surface area contributed by atoms with Crippen LogP contribution < -0.4 is 10.2 Å². The molecule has 3 aromatic rings. The van der Waals surface area contributed by atoms with Crippen molar-refractivity contribution >= 4 is 29.9 Å². The van der Waals surface area contributed by atoms with Gasteiger partial charge in [-0.05, 0) is 81.7 Å². The molecule has 3 aliphatic rings. The van der Waals surface area contributed by atoms with Gasteiger partial charge in [0.05, 0.1) is 11.9 Å². The van der Waals surface area contributed by atoms with Crippen LogP contribution in [0.4, 0.5) is 31.9 Å². The zero-order valence-corrected chi connectivity index (χ0v) is 22.3. The van der Waals surface area contributed by atoms with Gasteiger partial charge in [-0.3, -0.25) is 9.89 Å². The lowest BCUT2D eigenvalue weighted by Gasteiger charge is -2.53. The van der Waals surface area contributed by atoms with Crippen molar-refractivity contribution in [3.05, 3.63) is 53.9 Å². The Hall–Kier alpha value is -3.50. The topological polar surface area (TPSA) is 72.8 Å². The largest absolute Gasteiger partial charge is 0.370 e. The normalized spacial score (nSPS) is 19.3. The summed E-state index contributed by atoms with van der Waals surface area (Å²) in [6.07, 6.45) is 7.49. The Labute approximate surface area is 227 Å². The Kier molecular flexibility index (Phi) is 6.99. The molecule has 0 unspecified atom stereocenters. The molecule has 0 amide bonds. The van der Waals surface area contributed by atoms with Gasteiger partial charge in [-0.1, -0.05) is 6.07 Å². The van der Waals surface area contributed by atoms with E-state index >= 15 is 0 Å². The quantitative estimate of drug-likeness (QED) is 0.429. The van der Waals surface area contributed by atoms with Gasteiger partial charge in [-0.2, -0.15) is 0 Å². The number of hydrogen-bond acceptors (Lipinski definition) is 8. The fourth-order valence-electron chi connectivity index (χ4n) is 6.27. The van der Waals surface area contributed by atoms with Crippen LogP contribution in [0.1, 0.15) is 31.2 Å². The van der Waals surface area contributed by atoms with Gasteiger partial charge in [0, 0.05) is 44.5 Å². The molecule has 1 N–H and O–H groups in total. The number of aromatic nitrogens is 3. The second kappa shape index (κ2) is 10.6. The van der Waals surface area contributed by atoms with Gasteiger partial charge in [0.25, 0.3) is 0 Å². The molecule has 3 saturated heterocycles. The van der Waals surface area contributed by atoms with Crippen LogP contribution in [0, 0.1) is 17.0 Å². The van der Waals surface area contributed by atoms with Crippen LogP contribution in [-0.4, -0.2) is 77.8 Å². The third-order valence-corrected chi connectivity index (χ3v) is 8.26. The Morgan fingerprint density at radius 1 is 1.00 bits per heavy atom. The van der Waals surface area contributed by atoms with Gasteiger partial charge in [0.15, 0.2) is 11.6 Å². The molecule has 3 fully saturated rings. The molecule has 8 nitrogen and oxygen atoms in total. The van der Waals surface area contributed by atoms with Crippen molar-refractivity contribution in [2.24, 2.45) is 10.4 Å². The standard InChI is InChI=1S/C29H34F2N8/c1-32-27-22(30)13-21(14-24(27)39-9-3-4-10-39)26-23(31)16-34-28(36-26)35-25-6-5-20(15-33-25)17-38-11-7-29(8-12-38)18-37(2)19-29/h5-6,13-16H,1,3-4,7-12,17-19H2,2H3,(H,33,34,35,36). The minimum absolute atomic E-state index is 0.0135. The number of nitrogens with one attached hydrogen (secondary N) is 1. The molecular formula is C29H34F2N8. The van der Waals surface area contributed by atoms with Crippen molar-refractivity contribution in [3.63, 3.8) is 0 Å². The molecule has 5 heterocycles. The maximum Gasteiger partial charge on any atom is 0.229 e. The summed E-state index contributed by atoms with van der Waals surface area (Å²) in [5.74, 6) is -0.445. The lowest BCUT2D eigenvalue weighted by Crippen LogP contribution is -2.58. The summed E-state index contributed by atoms with van der Waals surface area (Å²) in [4.78, 5) is 23.8. The molecule has 2 aromatic heterocycles. The van der Waals surface area contributed by atoms with Gasteiger partial charge in [-0.15, -0.1) is 0 Å². The van der Waals surface area contributed by atoms with Crippen LogP contribution in [0.3, 0.4) is 0 Å². The number of aliphatic imine (C=N–C) groups is 1. The highest BCUT2D eigenvalue weighted by Gasteiger charge is 2.42. The molecule has 6 rings (SSSR count). The van der Waals surface area contributed by atoms with Gasteiger partial charge in [0.1, 0.15) is 17.2 Å². The number of benzene rings is 1. The van der Waals surface area contributed by atoms with Crippen LogP contribution in [0.15, 0.2) is 41.7 Å². The highest BCUT2D eigenvalue weighted by molar-refractivity contribution is 5.77. The highest BCUT2D eigenvalue weighted by atomic mass is 19.1. The Morgan fingerprint density at radius 3 is 2.44 bits per heavy atom. The van der Waals surface area contributed by atoms with E-state index in [0.29, 0.717) is 22.5 Å². The van der Waals surface area contributed by atoms with Crippen molar-refractivity contribution in [2.45, 2.75) is 32.2 Å². The molecule has 0 aliphatic carbocycles. The molecule has 10 heteroatoms. The molecule has 0 radical (unpaired) electrons. The molecule has 0 bridgehead atoms. The summed E-state index contributed by atoms with van der Waals surface area (Å²) in [6, 6.07) is 6.90. The van der Waals surface area contributed by atoms with Gasteiger partial charge < -0.3 is 15.1 Å². The van der Waals surface area contributed by atoms with Crippen LogP contribution in [0.5, 0.6) is 0 Å². The van der Waals surface area contributed by atoms with E-state index in [0.717, 1.165) is 57.3 Å². The van der Waals surface area contributed by atoms with Gasteiger partial charge in [-0.25, -0.2) is 23.7 Å². The van der Waals surface area contributed by atoms with Crippen LogP contribution in [0.2, 0.25) is 0 Å². The Balaban J connectivity index is 1.15. The molecule has 0 atom stereocenters. The zero-order chi connectivity index (χ0) is 27.0. The van der Waals surface area contributed by atoms with Crippen LogP contribution in [0.25, 0.3) is 11.3 Å². The Morgan fingerprint density at radius 2 is 1.77 bits per heavy atom. The number of likely N-dealkylation sites (tertiary alicyclic amines) is 2. The van der Waals surface area contributed by atoms with Crippen molar-refractivity contribution in [2.75, 3.05) is 56.5 Å². The van der Waals surface area contributed by atoms with E-state index in [4.69, 9.17) is 0 Å². The number of nitrogens with zero attached hydrogens (tertiary/aromatic N) is 7. The number of rotatable bonds is 7. The van der Waals surface area contributed by atoms with E-state index in [1.54, 1.807) is 6.07 Å². The van der Waals surface area contributed by atoms with Crippen molar-refractivity contribution in [3.8, 4) is 11.3 Å². The summed E-state index contributed by atoms with van der Waals surface area (Å²) in [5.41, 5.74) is 2.80. The van der Waals surface area contributed by atoms with Crippen molar-refractivity contribution in [1.82, 2.24) is 24.8 Å². The summed E-state index contributed by atoms with van der Waals surface area (Å²) >= 11 is 0. The molecule has 3 aliphatic heterocycles. The summed E-state index contributed by atoms with van der Waals surface area (Å²) in [6.45, 7) is 10.7. The second-order valence-electron chi connectivity index (χ2n) is 11.2. The second-order valence-corrected chi connectivity index (χ2v) is 11.2. The van der Waals surface area contributed by atoms with E-state index < -0.39 is 11.6 Å². The fourth-order valence-corrected chi connectivity index (χ4v) is 6.27. The highest BCUT2D eigenvalue weighted by Crippen LogP contribution is 2.40. The lowest BCUT2D eigenvalue weighted by atomic mass is 9.72. The number of halogens is 2. The smallest absolute Gasteiger partial charge is 0.229 e. The zero-order valence-electron chi connectivity index (χ0n) is 22.3. The van der Waals surface area contributed by atoms with E-state index in [9.17, 15) is 8.78 Å². The molecule has 204 valence electrons. The predicted molar refractivity (Wildman–Crippen MR) is 150 cm³/mol. The van der Waals surface area contributed by atoms with Crippen molar-refractivity contribution < 1.29 is 8.78 Å². The van der Waals surface area contributed by atoms with Crippen LogP contribution >= 0.6 is 0 Å². The van der Waals surface area contributed by atoms with Crippen LogP contribution in [-0.2, 0) is 6.54 Å². The summed E-state index contributed by atoms with van der Waals surface area (Å²) in [7, 11) is 2.19. The van der Waals surface area contributed by atoms with Gasteiger partial charge >= 0.3 is 0 Å². The van der Waals surface area contributed by atoms with E-state index in [1.165, 1.54) is 32.0 Å². The first-order valence-corrected chi connectivity index (χ1v) is 13.6. The molecule has 1 aromatic carbocycles. The predicted octanol–water partition coefficient (Wildman–Crippen LogP) is 5.02. The maximum atomic E-state index is 15.0. The lowest BCUT2D eigenvalue weighted by molar-refractivity contribution is -0.0329. The first kappa shape index (κ1) is 25.8.